The average molecular weight is 368 g/mol. The Hall–Kier alpha value is -3.09. The number of pyridine rings is 1. The van der Waals surface area contributed by atoms with E-state index < -0.39 is 0 Å². The lowest BCUT2D eigenvalue weighted by molar-refractivity contribution is -0.132. The molecule has 7 heteroatoms. The Labute approximate surface area is 158 Å². The summed E-state index contributed by atoms with van der Waals surface area (Å²) >= 11 is 0. The highest BCUT2D eigenvalue weighted by Gasteiger charge is 2.22. The molecule has 1 aliphatic rings. The lowest BCUT2D eigenvalue weighted by Crippen LogP contribution is -2.50. The maximum Gasteiger partial charge on any atom is 0.274 e. The highest BCUT2D eigenvalue weighted by atomic mass is 16.2. The van der Waals surface area contributed by atoms with Gasteiger partial charge in [0, 0.05) is 44.5 Å². The molecule has 1 aliphatic heterocycles. The topological polar surface area (TPSA) is 74.7 Å². The Morgan fingerprint density at radius 1 is 1.00 bits per heavy atom. The molecule has 0 radical (unpaired) electrons. The molecular formula is C20H24N4O3. The molecule has 0 aliphatic carbocycles. The molecule has 0 bridgehead atoms. The SMILES string of the molecule is CC(=O)Nc1ccc(C)n(CC(=O)N2CCN(c3ccccc3)CC2)c1=O. The Bertz CT molecular complexity index is 884. The Morgan fingerprint density at radius 3 is 2.30 bits per heavy atom. The molecule has 3 rings (SSSR count). The first-order chi connectivity index (χ1) is 13.0. The Morgan fingerprint density at radius 2 is 1.67 bits per heavy atom. The van der Waals surface area contributed by atoms with Gasteiger partial charge in [-0.25, -0.2) is 0 Å². The minimum absolute atomic E-state index is 0.0244. The molecule has 1 aromatic heterocycles. The highest BCUT2D eigenvalue weighted by Crippen LogP contribution is 2.15. The van der Waals surface area contributed by atoms with Crippen LogP contribution in [0.3, 0.4) is 0 Å². The van der Waals surface area contributed by atoms with E-state index in [1.54, 1.807) is 24.0 Å². The van der Waals surface area contributed by atoms with Gasteiger partial charge in [0.1, 0.15) is 12.2 Å². The van der Waals surface area contributed by atoms with Crippen LogP contribution in [0.1, 0.15) is 12.6 Å². The lowest BCUT2D eigenvalue weighted by Gasteiger charge is -2.36. The molecule has 7 nitrogen and oxygen atoms in total. The van der Waals surface area contributed by atoms with Gasteiger partial charge in [-0.05, 0) is 31.2 Å². The second-order valence-electron chi connectivity index (χ2n) is 6.66. The number of aryl methyl sites for hydroxylation is 1. The molecule has 0 unspecified atom stereocenters. The third-order valence-electron chi connectivity index (χ3n) is 4.75. The maximum absolute atomic E-state index is 12.7. The largest absolute Gasteiger partial charge is 0.368 e. The van der Waals surface area contributed by atoms with Gasteiger partial charge in [-0.15, -0.1) is 0 Å². The Kier molecular flexibility index (Phi) is 5.59. The number of rotatable bonds is 4. The van der Waals surface area contributed by atoms with Crippen molar-refractivity contribution in [1.82, 2.24) is 9.47 Å². The van der Waals surface area contributed by atoms with Crippen molar-refractivity contribution in [2.75, 3.05) is 36.4 Å². The number of carbonyl (C=O) groups excluding carboxylic acids is 2. The van der Waals surface area contributed by atoms with Crippen LogP contribution in [0.4, 0.5) is 11.4 Å². The number of anilines is 2. The van der Waals surface area contributed by atoms with Gasteiger partial charge < -0.3 is 19.7 Å². The first-order valence-electron chi connectivity index (χ1n) is 9.01. The van der Waals surface area contributed by atoms with Crippen LogP contribution < -0.4 is 15.8 Å². The molecule has 2 heterocycles. The number of hydrogen-bond donors (Lipinski definition) is 1. The minimum atomic E-state index is -0.360. The van der Waals surface area contributed by atoms with Gasteiger partial charge in [-0.2, -0.15) is 0 Å². The summed E-state index contributed by atoms with van der Waals surface area (Å²) in [5, 5.41) is 2.51. The van der Waals surface area contributed by atoms with Crippen LogP contribution in [-0.4, -0.2) is 47.5 Å². The lowest BCUT2D eigenvalue weighted by atomic mass is 10.2. The van der Waals surface area contributed by atoms with Crippen molar-refractivity contribution in [3.8, 4) is 0 Å². The first-order valence-corrected chi connectivity index (χ1v) is 9.01. The number of amides is 2. The summed E-state index contributed by atoms with van der Waals surface area (Å²) in [5.41, 5.74) is 1.67. The van der Waals surface area contributed by atoms with Crippen molar-refractivity contribution in [2.24, 2.45) is 0 Å². The third kappa shape index (κ3) is 4.36. The van der Waals surface area contributed by atoms with Crippen molar-refractivity contribution < 1.29 is 9.59 Å². The number of aromatic nitrogens is 1. The van der Waals surface area contributed by atoms with Gasteiger partial charge in [0.05, 0.1) is 0 Å². The molecule has 1 fully saturated rings. The molecule has 0 spiro atoms. The quantitative estimate of drug-likeness (QED) is 0.887. The van der Waals surface area contributed by atoms with E-state index in [9.17, 15) is 14.4 Å². The zero-order valence-corrected chi connectivity index (χ0v) is 15.6. The molecule has 142 valence electrons. The van der Waals surface area contributed by atoms with E-state index in [1.807, 2.05) is 18.2 Å². The fourth-order valence-corrected chi connectivity index (χ4v) is 3.24. The number of carbonyl (C=O) groups is 2. The summed E-state index contributed by atoms with van der Waals surface area (Å²) in [4.78, 5) is 40.5. The summed E-state index contributed by atoms with van der Waals surface area (Å²) in [6.45, 7) is 5.86. The van der Waals surface area contributed by atoms with Crippen LogP contribution in [-0.2, 0) is 16.1 Å². The van der Waals surface area contributed by atoms with Gasteiger partial charge in [0.15, 0.2) is 0 Å². The van der Waals surface area contributed by atoms with Crippen LogP contribution in [0.25, 0.3) is 0 Å². The van der Waals surface area contributed by atoms with Crippen LogP contribution in [0.15, 0.2) is 47.3 Å². The predicted molar refractivity (Wildman–Crippen MR) is 105 cm³/mol. The van der Waals surface area contributed by atoms with Crippen LogP contribution >= 0.6 is 0 Å². The molecule has 1 saturated heterocycles. The molecule has 1 N–H and O–H groups in total. The van der Waals surface area contributed by atoms with Crippen LogP contribution in [0.5, 0.6) is 0 Å². The molecule has 27 heavy (non-hydrogen) atoms. The van der Waals surface area contributed by atoms with E-state index in [4.69, 9.17) is 0 Å². The number of nitrogens with one attached hydrogen (secondary N) is 1. The molecule has 2 aromatic rings. The molecule has 2 amide bonds. The van der Waals surface area contributed by atoms with Crippen molar-refractivity contribution in [3.05, 3.63) is 58.5 Å². The fourth-order valence-electron chi connectivity index (χ4n) is 3.24. The monoisotopic (exact) mass is 368 g/mol. The summed E-state index contributed by atoms with van der Waals surface area (Å²) < 4.78 is 1.41. The summed E-state index contributed by atoms with van der Waals surface area (Å²) in [7, 11) is 0. The van der Waals surface area contributed by atoms with Crippen molar-refractivity contribution in [3.63, 3.8) is 0 Å². The summed E-state index contributed by atoms with van der Waals surface area (Å²) in [6.07, 6.45) is 0. The average Bonchev–Trinajstić information content (AvgIpc) is 2.68. The second kappa shape index (κ2) is 8.07. The normalized spacial score (nSPS) is 14.1. The third-order valence-corrected chi connectivity index (χ3v) is 4.75. The van der Waals surface area contributed by atoms with E-state index in [-0.39, 0.29) is 29.6 Å². The van der Waals surface area contributed by atoms with Crippen molar-refractivity contribution in [1.29, 1.82) is 0 Å². The summed E-state index contributed by atoms with van der Waals surface area (Å²) in [6, 6.07) is 13.4. The summed E-state index contributed by atoms with van der Waals surface area (Å²) in [5.74, 6) is -0.404. The smallest absolute Gasteiger partial charge is 0.274 e. The highest BCUT2D eigenvalue weighted by molar-refractivity contribution is 5.88. The van der Waals surface area contributed by atoms with Crippen molar-refractivity contribution in [2.45, 2.75) is 20.4 Å². The molecule has 1 aromatic carbocycles. The predicted octanol–water partition coefficient (Wildman–Crippen LogP) is 1.46. The standard InChI is InChI=1S/C20H24N4O3/c1-15-8-9-18(21-16(2)25)20(27)24(15)14-19(26)23-12-10-22(11-13-23)17-6-4-3-5-7-17/h3-9H,10-14H2,1-2H3,(H,21,25). The minimum Gasteiger partial charge on any atom is -0.368 e. The number of piperazine rings is 1. The van der Waals surface area contributed by atoms with Crippen LogP contribution in [0.2, 0.25) is 0 Å². The Balaban J connectivity index is 1.66. The zero-order chi connectivity index (χ0) is 19.4. The molecule has 0 atom stereocenters. The van der Waals surface area contributed by atoms with Gasteiger partial charge in [-0.3, -0.25) is 14.4 Å². The zero-order valence-electron chi connectivity index (χ0n) is 15.6. The number of nitrogens with zero attached hydrogens (tertiary/aromatic N) is 3. The number of hydrogen-bond acceptors (Lipinski definition) is 4. The van der Waals surface area contributed by atoms with Gasteiger partial charge in [0.25, 0.3) is 5.56 Å². The fraction of sp³-hybridized carbons (Fsp3) is 0.350. The van der Waals surface area contributed by atoms with E-state index in [1.165, 1.54) is 11.5 Å². The number of benzene rings is 1. The van der Waals surface area contributed by atoms with E-state index in [0.717, 1.165) is 18.8 Å². The van der Waals surface area contributed by atoms with Crippen molar-refractivity contribution >= 4 is 23.2 Å². The van der Waals surface area contributed by atoms with Crippen LogP contribution in [0, 0.1) is 6.92 Å². The first kappa shape index (κ1) is 18.7. The molecular weight excluding hydrogens is 344 g/mol. The van der Waals surface area contributed by atoms with Gasteiger partial charge >= 0.3 is 0 Å². The number of para-hydroxylation sites is 1. The second-order valence-corrected chi connectivity index (χ2v) is 6.66. The maximum atomic E-state index is 12.7. The van der Waals surface area contributed by atoms with E-state index in [0.29, 0.717) is 18.8 Å². The van der Waals surface area contributed by atoms with E-state index in [2.05, 4.69) is 22.3 Å². The molecule has 0 saturated carbocycles. The van der Waals surface area contributed by atoms with Gasteiger partial charge in [-0.1, -0.05) is 18.2 Å². The van der Waals surface area contributed by atoms with Gasteiger partial charge in [0.2, 0.25) is 11.8 Å². The van der Waals surface area contributed by atoms with E-state index >= 15 is 0 Å².